The molecule has 1 fully saturated rings. The monoisotopic (exact) mass is 475 g/mol. The Labute approximate surface area is 201 Å². The third kappa shape index (κ3) is 3.82. The Balaban J connectivity index is 1.22. The fraction of sp³-hybridized carbons (Fsp3) is 0.308. The molecule has 0 saturated heterocycles. The van der Waals surface area contributed by atoms with Gasteiger partial charge in [-0.3, -0.25) is 4.79 Å². The number of nitrogens with one attached hydrogen (secondary N) is 1. The molecule has 0 radical (unpaired) electrons. The number of nitrogens with zero attached hydrogens (tertiary/aromatic N) is 2. The Morgan fingerprint density at radius 2 is 1.74 bits per heavy atom. The van der Waals surface area contributed by atoms with Crippen LogP contribution in [0.15, 0.2) is 59.3 Å². The van der Waals surface area contributed by atoms with Crippen LogP contribution in [0, 0.1) is 0 Å². The predicted molar refractivity (Wildman–Crippen MR) is 125 cm³/mol. The molecule has 0 atom stereocenters. The number of carboxylic acid groups (broad SMARTS) is 1. The van der Waals surface area contributed by atoms with Crippen LogP contribution in [0.4, 0.5) is 4.79 Å². The molecular weight excluding hydrogens is 450 g/mol. The molecule has 1 heterocycles. The molecule has 0 spiro atoms. The average Bonchev–Trinajstić information content (AvgIpc) is 3.42. The van der Waals surface area contributed by atoms with Crippen molar-refractivity contribution in [1.82, 2.24) is 15.2 Å². The first kappa shape index (κ1) is 22.6. The lowest BCUT2D eigenvalue weighted by atomic mass is 9.75. The number of alkyl carbamates (subject to hydrolysis) is 1. The van der Waals surface area contributed by atoms with E-state index in [0.29, 0.717) is 12.8 Å². The lowest BCUT2D eigenvalue weighted by Gasteiger charge is -2.44. The van der Waals surface area contributed by atoms with Gasteiger partial charge in [0.15, 0.2) is 17.8 Å². The van der Waals surface area contributed by atoms with Crippen LogP contribution >= 0.6 is 0 Å². The number of benzene rings is 2. The molecule has 9 nitrogen and oxygen atoms in total. The third-order valence-corrected chi connectivity index (χ3v) is 7.11. The fourth-order valence-electron chi connectivity index (χ4n) is 4.93. The Kier molecular flexibility index (Phi) is 5.76. The lowest BCUT2D eigenvalue weighted by Crippen LogP contribution is -2.59. The highest BCUT2D eigenvalue weighted by Gasteiger charge is 2.50. The normalized spacial score (nSPS) is 15.5. The van der Waals surface area contributed by atoms with Crippen molar-refractivity contribution in [3.05, 3.63) is 77.5 Å². The maximum absolute atomic E-state index is 12.9. The summed E-state index contributed by atoms with van der Waals surface area (Å²) in [5.74, 6) is -1.54. The summed E-state index contributed by atoms with van der Waals surface area (Å²) in [6.07, 6.45) is 1.95. The number of oxazole rings is 1. The maximum atomic E-state index is 12.9. The first-order valence-electron chi connectivity index (χ1n) is 11.4. The van der Waals surface area contributed by atoms with E-state index >= 15 is 0 Å². The molecule has 1 saturated carbocycles. The molecule has 5 rings (SSSR count). The van der Waals surface area contributed by atoms with Crippen LogP contribution in [-0.4, -0.2) is 52.2 Å². The highest BCUT2D eigenvalue weighted by Crippen LogP contribution is 2.44. The van der Waals surface area contributed by atoms with Crippen molar-refractivity contribution >= 4 is 18.0 Å². The second-order valence-electron chi connectivity index (χ2n) is 8.86. The Hall–Kier alpha value is -4.14. The van der Waals surface area contributed by atoms with Gasteiger partial charge in [-0.25, -0.2) is 14.6 Å². The summed E-state index contributed by atoms with van der Waals surface area (Å²) in [5, 5.41) is 12.2. The number of carbonyl (C=O) groups excluding carboxylic acids is 2. The van der Waals surface area contributed by atoms with Crippen LogP contribution in [0.25, 0.3) is 11.1 Å². The van der Waals surface area contributed by atoms with Gasteiger partial charge in [0.1, 0.15) is 12.1 Å². The predicted octanol–water partition coefficient (Wildman–Crippen LogP) is 3.79. The summed E-state index contributed by atoms with van der Waals surface area (Å²) in [4.78, 5) is 42.3. The van der Waals surface area contributed by atoms with Gasteiger partial charge < -0.3 is 24.5 Å². The minimum atomic E-state index is -1.23. The molecule has 0 bridgehead atoms. The molecule has 2 N–H and O–H groups in total. The van der Waals surface area contributed by atoms with Crippen LogP contribution < -0.4 is 5.32 Å². The topological polar surface area (TPSA) is 122 Å². The van der Waals surface area contributed by atoms with Gasteiger partial charge in [-0.2, -0.15) is 0 Å². The second-order valence-corrected chi connectivity index (χ2v) is 8.86. The van der Waals surface area contributed by atoms with E-state index in [-0.39, 0.29) is 30.5 Å². The third-order valence-electron chi connectivity index (χ3n) is 7.11. The van der Waals surface area contributed by atoms with Gasteiger partial charge in [0, 0.05) is 13.0 Å². The summed E-state index contributed by atoms with van der Waals surface area (Å²) in [7, 11) is 1.45. The SMILES string of the molecule is CN(C(=O)c1ncoc1CNC(=O)OCC1c2ccccc2-c2ccccc21)C1(C(=O)O)CCC1. The van der Waals surface area contributed by atoms with E-state index in [9.17, 15) is 19.5 Å². The molecule has 2 amide bonds. The number of amides is 2. The van der Waals surface area contributed by atoms with Crippen LogP contribution in [0.3, 0.4) is 0 Å². The average molecular weight is 476 g/mol. The largest absolute Gasteiger partial charge is 0.479 e. The number of rotatable bonds is 7. The number of aromatic nitrogens is 1. The van der Waals surface area contributed by atoms with Crippen molar-refractivity contribution in [2.24, 2.45) is 0 Å². The molecule has 9 heteroatoms. The minimum Gasteiger partial charge on any atom is -0.479 e. The smallest absolute Gasteiger partial charge is 0.407 e. The summed E-state index contributed by atoms with van der Waals surface area (Å²) >= 11 is 0. The second kappa shape index (κ2) is 8.90. The van der Waals surface area contributed by atoms with E-state index in [1.807, 2.05) is 36.4 Å². The van der Waals surface area contributed by atoms with E-state index in [0.717, 1.165) is 35.1 Å². The first-order chi connectivity index (χ1) is 16.9. The molecule has 35 heavy (non-hydrogen) atoms. The molecule has 180 valence electrons. The van der Waals surface area contributed by atoms with Gasteiger partial charge >= 0.3 is 12.1 Å². The number of carbonyl (C=O) groups is 3. The van der Waals surface area contributed by atoms with Crippen molar-refractivity contribution in [3.8, 4) is 11.1 Å². The van der Waals surface area contributed by atoms with E-state index < -0.39 is 23.5 Å². The molecular formula is C26H25N3O6. The van der Waals surface area contributed by atoms with Crippen LogP contribution in [-0.2, 0) is 16.1 Å². The van der Waals surface area contributed by atoms with Gasteiger partial charge in [-0.15, -0.1) is 0 Å². The zero-order chi connectivity index (χ0) is 24.6. The summed E-state index contributed by atoms with van der Waals surface area (Å²) in [6.45, 7) is 0.0393. The lowest BCUT2D eigenvalue weighted by molar-refractivity contribution is -0.154. The number of fused-ring (bicyclic) bond motifs is 3. The number of carboxylic acids is 1. The molecule has 2 aromatic carbocycles. The van der Waals surface area contributed by atoms with Crippen molar-refractivity contribution in [2.75, 3.05) is 13.7 Å². The van der Waals surface area contributed by atoms with Crippen molar-refractivity contribution in [2.45, 2.75) is 37.3 Å². The number of ether oxygens (including phenoxy) is 1. The fourth-order valence-corrected chi connectivity index (χ4v) is 4.93. The molecule has 0 aliphatic heterocycles. The molecule has 1 aromatic heterocycles. The zero-order valence-electron chi connectivity index (χ0n) is 19.2. The number of hydrogen-bond acceptors (Lipinski definition) is 6. The highest BCUT2D eigenvalue weighted by molar-refractivity contribution is 5.97. The quantitative estimate of drug-likeness (QED) is 0.533. The Morgan fingerprint density at radius 3 is 2.31 bits per heavy atom. The van der Waals surface area contributed by atoms with Gasteiger partial charge in [0.05, 0.1) is 6.54 Å². The summed E-state index contributed by atoms with van der Waals surface area (Å²) in [5.41, 5.74) is 3.23. The van der Waals surface area contributed by atoms with E-state index in [1.54, 1.807) is 0 Å². The standard InChI is InChI=1S/C26H25N3O6/c1-29(26(24(31)32)11-6-12-26)23(30)22-21(35-15-28-22)13-27-25(33)34-14-20-18-9-4-2-7-16(18)17-8-3-5-10-19(17)20/h2-5,7-10,15,20H,6,11-14H2,1H3,(H,27,33)(H,31,32). The van der Waals surface area contributed by atoms with Gasteiger partial charge in [0.2, 0.25) is 0 Å². The summed E-state index contributed by atoms with van der Waals surface area (Å²) in [6, 6.07) is 16.1. The Morgan fingerprint density at radius 1 is 1.11 bits per heavy atom. The number of hydrogen-bond donors (Lipinski definition) is 2. The van der Waals surface area contributed by atoms with Gasteiger partial charge in [-0.1, -0.05) is 48.5 Å². The first-order valence-corrected chi connectivity index (χ1v) is 11.4. The molecule has 2 aliphatic carbocycles. The van der Waals surface area contributed by atoms with E-state index in [1.165, 1.54) is 11.9 Å². The zero-order valence-corrected chi connectivity index (χ0v) is 19.2. The van der Waals surface area contributed by atoms with Crippen LogP contribution in [0.1, 0.15) is 52.6 Å². The van der Waals surface area contributed by atoms with E-state index in [2.05, 4.69) is 22.4 Å². The highest BCUT2D eigenvalue weighted by atomic mass is 16.5. The maximum Gasteiger partial charge on any atom is 0.407 e. The molecule has 3 aromatic rings. The number of aliphatic carboxylic acids is 1. The minimum absolute atomic E-state index is 0.0287. The molecule has 2 aliphatic rings. The number of likely N-dealkylation sites (N-methyl/N-ethyl adjacent to an activating group) is 1. The van der Waals surface area contributed by atoms with E-state index in [4.69, 9.17) is 9.15 Å². The van der Waals surface area contributed by atoms with Crippen LogP contribution in [0.5, 0.6) is 0 Å². The van der Waals surface area contributed by atoms with Crippen LogP contribution in [0.2, 0.25) is 0 Å². The van der Waals surface area contributed by atoms with Crippen molar-refractivity contribution < 1.29 is 28.6 Å². The van der Waals surface area contributed by atoms with Gasteiger partial charge in [0.25, 0.3) is 5.91 Å². The van der Waals surface area contributed by atoms with Gasteiger partial charge in [-0.05, 0) is 41.5 Å². The molecule has 0 unspecified atom stereocenters. The van der Waals surface area contributed by atoms with Crippen molar-refractivity contribution in [3.63, 3.8) is 0 Å². The Bertz CT molecular complexity index is 1250. The summed E-state index contributed by atoms with van der Waals surface area (Å²) < 4.78 is 10.8. The van der Waals surface area contributed by atoms with Crippen molar-refractivity contribution in [1.29, 1.82) is 0 Å².